The second kappa shape index (κ2) is 10.5. The van der Waals surface area contributed by atoms with Crippen molar-refractivity contribution >= 4 is 35.8 Å². The maximum atomic E-state index is 12.4. The van der Waals surface area contributed by atoms with Gasteiger partial charge in [0.2, 0.25) is 5.91 Å². The van der Waals surface area contributed by atoms with Crippen molar-refractivity contribution < 1.29 is 4.79 Å². The Kier molecular flexibility index (Phi) is 9.10. The molecule has 0 atom stereocenters. The number of nitrogens with zero attached hydrogens (tertiary/aromatic N) is 2. The lowest BCUT2D eigenvalue weighted by molar-refractivity contribution is -0.130. The van der Waals surface area contributed by atoms with Gasteiger partial charge >= 0.3 is 0 Å². The molecule has 2 rings (SSSR count). The molecule has 5 nitrogen and oxygen atoms in total. The highest BCUT2D eigenvalue weighted by Gasteiger charge is 2.19. The van der Waals surface area contributed by atoms with Crippen LogP contribution < -0.4 is 10.6 Å². The second-order valence-corrected chi connectivity index (χ2v) is 6.30. The van der Waals surface area contributed by atoms with Crippen LogP contribution in [0.3, 0.4) is 0 Å². The van der Waals surface area contributed by atoms with Crippen molar-refractivity contribution in [2.45, 2.75) is 33.7 Å². The van der Waals surface area contributed by atoms with Gasteiger partial charge in [0, 0.05) is 26.2 Å². The number of rotatable bonds is 5. The maximum Gasteiger partial charge on any atom is 0.244 e. The van der Waals surface area contributed by atoms with Crippen LogP contribution in [-0.2, 0) is 17.8 Å². The molecular formula is C18H29IN4O. The third-order valence-corrected chi connectivity index (χ3v) is 3.88. The number of guanidine groups is 1. The number of aliphatic imine (C=N–C) groups is 1. The van der Waals surface area contributed by atoms with Crippen LogP contribution in [0, 0.1) is 5.92 Å². The van der Waals surface area contributed by atoms with E-state index < -0.39 is 0 Å². The molecular weight excluding hydrogens is 415 g/mol. The van der Waals surface area contributed by atoms with Crippen LogP contribution in [0.4, 0.5) is 0 Å². The molecule has 24 heavy (non-hydrogen) atoms. The predicted octanol–water partition coefficient (Wildman–Crippen LogP) is 2.40. The van der Waals surface area contributed by atoms with E-state index >= 15 is 0 Å². The lowest BCUT2D eigenvalue weighted by Gasteiger charge is -2.28. The monoisotopic (exact) mass is 444 g/mol. The minimum Gasteiger partial charge on any atom is -0.357 e. The molecule has 0 radical (unpaired) electrons. The molecule has 0 fully saturated rings. The van der Waals surface area contributed by atoms with Crippen LogP contribution in [0.25, 0.3) is 0 Å². The van der Waals surface area contributed by atoms with Gasteiger partial charge in [0.25, 0.3) is 0 Å². The molecule has 1 heterocycles. The van der Waals surface area contributed by atoms with E-state index in [1.807, 2.05) is 17.9 Å². The van der Waals surface area contributed by atoms with Gasteiger partial charge in [-0.2, -0.15) is 0 Å². The molecule has 6 heteroatoms. The summed E-state index contributed by atoms with van der Waals surface area (Å²) in [5, 5.41) is 6.44. The quantitative estimate of drug-likeness (QED) is 0.417. The summed E-state index contributed by atoms with van der Waals surface area (Å²) in [6, 6.07) is 8.34. The van der Waals surface area contributed by atoms with E-state index in [1.165, 1.54) is 11.1 Å². The standard InChI is InChI=1S/C18H28N4O.HI/c1-4-19-18(20-11-14(2)3)21-12-17(23)22-10-9-15-7-5-6-8-16(15)13-22;/h5-8,14H,4,9-13H2,1-3H3,(H2,19,20,21);1H. The highest BCUT2D eigenvalue weighted by Crippen LogP contribution is 2.18. The highest BCUT2D eigenvalue weighted by molar-refractivity contribution is 14.0. The molecule has 1 aliphatic heterocycles. The Labute approximate surface area is 162 Å². The van der Waals surface area contributed by atoms with E-state index in [0.717, 1.165) is 26.1 Å². The van der Waals surface area contributed by atoms with Crippen molar-refractivity contribution in [2.24, 2.45) is 10.9 Å². The number of halogens is 1. The fourth-order valence-electron chi connectivity index (χ4n) is 2.60. The van der Waals surface area contributed by atoms with Crippen LogP contribution in [0.15, 0.2) is 29.3 Å². The van der Waals surface area contributed by atoms with E-state index in [2.05, 4.69) is 47.7 Å². The molecule has 1 aliphatic rings. The van der Waals surface area contributed by atoms with Gasteiger partial charge in [-0.3, -0.25) is 4.79 Å². The van der Waals surface area contributed by atoms with E-state index in [0.29, 0.717) is 18.4 Å². The first kappa shape index (κ1) is 20.7. The molecule has 0 saturated carbocycles. The minimum absolute atomic E-state index is 0. The zero-order valence-electron chi connectivity index (χ0n) is 14.8. The third-order valence-electron chi connectivity index (χ3n) is 3.88. The normalized spacial score (nSPS) is 14.0. The summed E-state index contributed by atoms with van der Waals surface area (Å²) in [6.45, 7) is 9.61. The van der Waals surface area contributed by atoms with Crippen molar-refractivity contribution in [2.75, 3.05) is 26.2 Å². The van der Waals surface area contributed by atoms with Gasteiger partial charge in [-0.25, -0.2) is 4.99 Å². The number of nitrogens with one attached hydrogen (secondary N) is 2. The van der Waals surface area contributed by atoms with Gasteiger partial charge in [-0.1, -0.05) is 38.1 Å². The van der Waals surface area contributed by atoms with Gasteiger partial charge in [-0.05, 0) is 30.4 Å². The first-order valence-corrected chi connectivity index (χ1v) is 8.47. The Hall–Kier alpha value is -1.31. The third kappa shape index (κ3) is 6.30. The van der Waals surface area contributed by atoms with Gasteiger partial charge in [-0.15, -0.1) is 24.0 Å². The van der Waals surface area contributed by atoms with Crippen molar-refractivity contribution in [1.29, 1.82) is 0 Å². The number of fused-ring (bicyclic) bond motifs is 1. The van der Waals surface area contributed by atoms with Gasteiger partial charge < -0.3 is 15.5 Å². The van der Waals surface area contributed by atoms with Gasteiger partial charge in [0.15, 0.2) is 5.96 Å². The average molecular weight is 444 g/mol. The van der Waals surface area contributed by atoms with Crippen LogP contribution in [0.5, 0.6) is 0 Å². The maximum absolute atomic E-state index is 12.4. The molecule has 1 aromatic carbocycles. The second-order valence-electron chi connectivity index (χ2n) is 6.30. The molecule has 0 bridgehead atoms. The number of carbonyl (C=O) groups is 1. The van der Waals surface area contributed by atoms with Gasteiger partial charge in [0.1, 0.15) is 6.54 Å². The highest BCUT2D eigenvalue weighted by atomic mass is 127. The Morgan fingerprint density at radius 1 is 1.25 bits per heavy atom. The van der Waals surface area contributed by atoms with Crippen molar-refractivity contribution in [3.63, 3.8) is 0 Å². The lowest BCUT2D eigenvalue weighted by atomic mass is 10.00. The summed E-state index contributed by atoms with van der Waals surface area (Å²) < 4.78 is 0. The molecule has 1 aromatic rings. The number of amides is 1. The van der Waals surface area contributed by atoms with Crippen molar-refractivity contribution in [3.05, 3.63) is 35.4 Å². The molecule has 0 unspecified atom stereocenters. The van der Waals surface area contributed by atoms with E-state index in [1.54, 1.807) is 0 Å². The Bertz CT molecular complexity index is 560. The molecule has 134 valence electrons. The van der Waals surface area contributed by atoms with Gasteiger partial charge in [0.05, 0.1) is 0 Å². The summed E-state index contributed by atoms with van der Waals surface area (Å²) in [5.74, 6) is 1.33. The summed E-state index contributed by atoms with van der Waals surface area (Å²) in [6.07, 6.45) is 0.928. The van der Waals surface area contributed by atoms with E-state index in [9.17, 15) is 4.79 Å². The predicted molar refractivity (Wildman–Crippen MR) is 110 cm³/mol. The van der Waals surface area contributed by atoms with E-state index in [-0.39, 0.29) is 36.4 Å². The zero-order valence-corrected chi connectivity index (χ0v) is 17.2. The Morgan fingerprint density at radius 3 is 2.62 bits per heavy atom. The van der Waals surface area contributed by atoms with Crippen LogP contribution >= 0.6 is 24.0 Å². The SMILES string of the molecule is CCNC(=NCC(=O)N1CCc2ccccc2C1)NCC(C)C.I. The molecule has 0 aromatic heterocycles. The fourth-order valence-corrected chi connectivity index (χ4v) is 2.60. The largest absolute Gasteiger partial charge is 0.357 e. The van der Waals surface area contributed by atoms with Crippen LogP contribution in [0.2, 0.25) is 0 Å². The Morgan fingerprint density at radius 2 is 1.96 bits per heavy atom. The number of benzene rings is 1. The Balaban J connectivity index is 0.00000288. The molecule has 0 aliphatic carbocycles. The summed E-state index contributed by atoms with van der Waals surface area (Å²) in [7, 11) is 0. The van der Waals surface area contributed by atoms with E-state index in [4.69, 9.17) is 0 Å². The van der Waals surface area contributed by atoms with Crippen LogP contribution in [0.1, 0.15) is 31.9 Å². The number of hydrogen-bond donors (Lipinski definition) is 2. The van der Waals surface area contributed by atoms with Crippen molar-refractivity contribution in [3.8, 4) is 0 Å². The summed E-state index contributed by atoms with van der Waals surface area (Å²) in [5.41, 5.74) is 2.60. The zero-order chi connectivity index (χ0) is 16.7. The molecule has 2 N–H and O–H groups in total. The first-order chi connectivity index (χ1) is 11.1. The number of hydrogen-bond acceptors (Lipinski definition) is 2. The number of carbonyl (C=O) groups excluding carboxylic acids is 1. The first-order valence-electron chi connectivity index (χ1n) is 8.47. The average Bonchev–Trinajstić information content (AvgIpc) is 2.56. The smallest absolute Gasteiger partial charge is 0.244 e. The van der Waals surface area contributed by atoms with Crippen LogP contribution in [-0.4, -0.2) is 42.9 Å². The summed E-state index contributed by atoms with van der Waals surface area (Å²) in [4.78, 5) is 18.7. The summed E-state index contributed by atoms with van der Waals surface area (Å²) >= 11 is 0. The molecule has 0 saturated heterocycles. The lowest BCUT2D eigenvalue weighted by Crippen LogP contribution is -2.41. The van der Waals surface area contributed by atoms with Crippen molar-refractivity contribution in [1.82, 2.24) is 15.5 Å². The molecule has 0 spiro atoms. The fraction of sp³-hybridized carbons (Fsp3) is 0.556. The molecule has 1 amide bonds. The minimum atomic E-state index is 0. The topological polar surface area (TPSA) is 56.7 Å².